The molecule has 1 aliphatic heterocycles. The molecule has 2 amide bonds. The van der Waals surface area contributed by atoms with Crippen molar-refractivity contribution in [1.29, 1.82) is 0 Å². The highest BCUT2D eigenvalue weighted by Gasteiger charge is 2.25. The number of imide groups is 1. The molecule has 3 aromatic rings. The molecule has 5 nitrogen and oxygen atoms in total. The van der Waals surface area contributed by atoms with Gasteiger partial charge in [0.2, 0.25) is 0 Å². The van der Waals surface area contributed by atoms with Gasteiger partial charge in [0.15, 0.2) is 5.58 Å². The largest absolute Gasteiger partial charge is 0.455 e. The Kier molecular flexibility index (Phi) is 3.69. The van der Waals surface area contributed by atoms with Gasteiger partial charge in [0.1, 0.15) is 5.76 Å². The number of thiophene rings is 1. The van der Waals surface area contributed by atoms with Crippen LogP contribution in [0.1, 0.15) is 16.9 Å². The van der Waals surface area contributed by atoms with Gasteiger partial charge in [0, 0.05) is 34.8 Å². The highest BCUT2D eigenvalue weighted by Crippen LogP contribution is 2.28. The van der Waals surface area contributed by atoms with E-state index in [4.69, 9.17) is 4.42 Å². The van der Waals surface area contributed by atoms with Crippen LogP contribution in [-0.4, -0.2) is 16.1 Å². The molecule has 1 saturated heterocycles. The highest BCUT2D eigenvalue weighted by atomic mass is 32.2. The Balaban J connectivity index is 1.74. The third-order valence-corrected chi connectivity index (χ3v) is 4.71. The lowest BCUT2D eigenvalue weighted by atomic mass is 10.2. The zero-order chi connectivity index (χ0) is 16.5. The van der Waals surface area contributed by atoms with Crippen LogP contribution in [0, 0.1) is 11.8 Å². The lowest BCUT2D eigenvalue weighted by Gasteiger charge is -1.91. The Bertz CT molecular complexity index is 1050. The fourth-order valence-corrected chi connectivity index (χ4v) is 3.42. The molecule has 24 heavy (non-hydrogen) atoms. The monoisotopic (exact) mass is 352 g/mol. The average Bonchev–Trinajstić information content (AvgIpc) is 3.26. The van der Waals surface area contributed by atoms with Crippen molar-refractivity contribution >= 4 is 51.3 Å². The van der Waals surface area contributed by atoms with Gasteiger partial charge in [0.05, 0.1) is 10.5 Å². The van der Waals surface area contributed by atoms with Crippen molar-refractivity contribution in [3.63, 3.8) is 0 Å². The van der Waals surface area contributed by atoms with Gasteiger partial charge < -0.3 is 4.42 Å². The predicted molar refractivity (Wildman–Crippen MR) is 93.4 cm³/mol. The molecule has 0 spiro atoms. The van der Waals surface area contributed by atoms with E-state index in [1.54, 1.807) is 35.9 Å². The van der Waals surface area contributed by atoms with E-state index in [9.17, 15) is 9.59 Å². The molecule has 4 heterocycles. The average molecular weight is 352 g/mol. The smallest absolute Gasteiger partial charge is 0.290 e. The second-order valence-electron chi connectivity index (χ2n) is 4.87. The summed E-state index contributed by atoms with van der Waals surface area (Å²) in [5, 5.41) is 6.54. The molecule has 0 aromatic carbocycles. The SMILES string of the molecule is O=C1NC(=O)/C(=C\c2cc3cncc(C#Cc4ccsc4)c3o2)S1. The molecule has 0 saturated carbocycles. The Morgan fingerprint density at radius 2 is 2.17 bits per heavy atom. The van der Waals surface area contributed by atoms with Gasteiger partial charge in [-0.25, -0.2) is 0 Å². The van der Waals surface area contributed by atoms with Gasteiger partial charge in [-0.15, -0.1) is 0 Å². The molecule has 0 unspecified atom stereocenters. The summed E-state index contributed by atoms with van der Waals surface area (Å²) in [6, 6.07) is 3.71. The maximum absolute atomic E-state index is 11.6. The van der Waals surface area contributed by atoms with Crippen LogP contribution >= 0.6 is 23.1 Å². The first-order valence-electron chi connectivity index (χ1n) is 6.86. The number of nitrogens with one attached hydrogen (secondary N) is 1. The summed E-state index contributed by atoms with van der Waals surface area (Å²) >= 11 is 2.43. The number of carbonyl (C=O) groups excluding carboxylic acids is 2. The van der Waals surface area contributed by atoms with Crippen LogP contribution in [0.15, 0.2) is 44.6 Å². The molecule has 116 valence electrons. The van der Waals surface area contributed by atoms with Crippen molar-refractivity contribution in [2.75, 3.05) is 0 Å². The molecule has 1 fully saturated rings. The highest BCUT2D eigenvalue weighted by molar-refractivity contribution is 8.18. The minimum absolute atomic E-state index is 0.304. The second kappa shape index (κ2) is 6.00. The molecule has 0 atom stereocenters. The molecule has 1 aliphatic rings. The molecule has 0 aliphatic carbocycles. The first kappa shape index (κ1) is 14.8. The lowest BCUT2D eigenvalue weighted by Crippen LogP contribution is -2.17. The van der Waals surface area contributed by atoms with E-state index in [1.165, 1.54) is 0 Å². The number of aromatic nitrogens is 1. The molecule has 4 rings (SSSR count). The molecule has 0 bridgehead atoms. The number of hydrogen-bond donors (Lipinski definition) is 1. The van der Waals surface area contributed by atoms with Gasteiger partial charge in [0.25, 0.3) is 11.1 Å². The summed E-state index contributed by atoms with van der Waals surface area (Å²) in [5.41, 5.74) is 2.21. The number of thioether (sulfide) groups is 1. The Morgan fingerprint density at radius 1 is 1.25 bits per heavy atom. The van der Waals surface area contributed by atoms with Crippen LogP contribution < -0.4 is 5.32 Å². The first-order chi connectivity index (χ1) is 11.7. The van der Waals surface area contributed by atoms with E-state index in [1.807, 2.05) is 16.8 Å². The summed E-state index contributed by atoms with van der Waals surface area (Å²) < 4.78 is 5.79. The van der Waals surface area contributed by atoms with Crippen molar-refractivity contribution in [2.45, 2.75) is 0 Å². The van der Waals surface area contributed by atoms with Crippen LogP contribution in [0.4, 0.5) is 4.79 Å². The fraction of sp³-hybridized carbons (Fsp3) is 0. The van der Waals surface area contributed by atoms with Crippen LogP contribution in [0.25, 0.3) is 17.0 Å². The van der Waals surface area contributed by atoms with E-state index in [-0.39, 0.29) is 5.24 Å². The molecular formula is C17H8N2O3S2. The summed E-state index contributed by atoms with van der Waals surface area (Å²) in [6.07, 6.45) is 4.85. The molecule has 7 heteroatoms. The predicted octanol–water partition coefficient (Wildman–Crippen LogP) is 3.61. The summed E-state index contributed by atoms with van der Waals surface area (Å²) in [4.78, 5) is 27.3. The van der Waals surface area contributed by atoms with Crippen molar-refractivity contribution in [2.24, 2.45) is 0 Å². The van der Waals surface area contributed by atoms with E-state index < -0.39 is 5.91 Å². The van der Waals surface area contributed by atoms with Crippen molar-refractivity contribution < 1.29 is 14.0 Å². The van der Waals surface area contributed by atoms with Crippen molar-refractivity contribution in [3.8, 4) is 11.8 Å². The van der Waals surface area contributed by atoms with Crippen molar-refractivity contribution in [3.05, 3.63) is 57.1 Å². The summed E-state index contributed by atoms with van der Waals surface area (Å²) in [5.74, 6) is 6.17. The van der Waals surface area contributed by atoms with E-state index >= 15 is 0 Å². The van der Waals surface area contributed by atoms with Crippen LogP contribution in [0.2, 0.25) is 0 Å². The number of carbonyl (C=O) groups is 2. The third kappa shape index (κ3) is 2.85. The maximum atomic E-state index is 11.6. The minimum atomic E-state index is -0.416. The van der Waals surface area contributed by atoms with Gasteiger partial charge in [-0.2, -0.15) is 11.3 Å². The standard InChI is InChI=1S/C17H8N2O3S2/c20-16-14(24-17(21)19-16)6-13-5-12-8-18-7-11(15(12)22-13)2-1-10-3-4-23-9-10/h3-9H,(H,19,20,21)/b14-6+. The zero-order valence-electron chi connectivity index (χ0n) is 12.0. The summed E-state index contributed by atoms with van der Waals surface area (Å²) in [6.45, 7) is 0. The van der Waals surface area contributed by atoms with Gasteiger partial charge in [-0.3, -0.25) is 19.9 Å². The van der Waals surface area contributed by atoms with E-state index in [0.29, 0.717) is 21.8 Å². The van der Waals surface area contributed by atoms with Crippen LogP contribution in [0.3, 0.4) is 0 Å². The third-order valence-electron chi connectivity index (χ3n) is 3.22. The maximum Gasteiger partial charge on any atom is 0.290 e. The number of fused-ring (bicyclic) bond motifs is 1. The lowest BCUT2D eigenvalue weighted by molar-refractivity contribution is -0.115. The Labute approximate surface area is 144 Å². The van der Waals surface area contributed by atoms with Gasteiger partial charge >= 0.3 is 0 Å². The number of rotatable bonds is 1. The number of pyridine rings is 1. The molecule has 3 aromatic heterocycles. The normalized spacial score (nSPS) is 15.6. The van der Waals surface area contributed by atoms with Crippen molar-refractivity contribution in [1.82, 2.24) is 10.3 Å². The number of amides is 2. The zero-order valence-corrected chi connectivity index (χ0v) is 13.7. The Morgan fingerprint density at radius 3 is 2.92 bits per heavy atom. The van der Waals surface area contributed by atoms with E-state index in [2.05, 4.69) is 22.1 Å². The number of nitrogens with zero attached hydrogens (tertiary/aromatic N) is 1. The fourth-order valence-electron chi connectivity index (χ4n) is 2.17. The molecule has 1 N–H and O–H groups in total. The van der Waals surface area contributed by atoms with Crippen LogP contribution in [-0.2, 0) is 4.79 Å². The van der Waals surface area contributed by atoms with E-state index in [0.717, 1.165) is 22.7 Å². The minimum Gasteiger partial charge on any atom is -0.455 e. The van der Waals surface area contributed by atoms with Gasteiger partial charge in [-0.1, -0.05) is 11.8 Å². The number of furan rings is 1. The van der Waals surface area contributed by atoms with Crippen LogP contribution in [0.5, 0.6) is 0 Å². The quantitative estimate of drug-likeness (QED) is 0.535. The first-order valence-corrected chi connectivity index (χ1v) is 8.61. The topological polar surface area (TPSA) is 72.2 Å². The summed E-state index contributed by atoms with van der Waals surface area (Å²) in [7, 11) is 0. The molecule has 0 radical (unpaired) electrons. The second-order valence-corrected chi connectivity index (χ2v) is 6.66. The number of hydrogen-bond acceptors (Lipinski definition) is 6. The van der Waals surface area contributed by atoms with Gasteiger partial charge in [-0.05, 0) is 29.3 Å². The Hall–Kier alpha value is -2.82. The molecular weight excluding hydrogens is 344 g/mol.